The second-order valence-corrected chi connectivity index (χ2v) is 10.4. The lowest BCUT2D eigenvalue weighted by molar-refractivity contribution is -0.113. The summed E-state index contributed by atoms with van der Waals surface area (Å²) in [6.07, 6.45) is 4.40. The first-order valence-corrected chi connectivity index (χ1v) is 13.0. The standard InChI is InChI=1S/C22H25N5O4S2/c1-31-20-8-4-3-7-19(20)27-16-23-25-22(27)32-15-21(28)24-17-9-11-18(12-10-17)33(29,30)26-13-5-2-6-14-26/h3-4,7-12,16H,2,5-6,13-15H2,1H3,(H,24,28). The Morgan fingerprint density at radius 1 is 1.09 bits per heavy atom. The zero-order valence-electron chi connectivity index (χ0n) is 18.2. The number of sulfonamides is 1. The Morgan fingerprint density at radius 2 is 1.82 bits per heavy atom. The molecule has 1 saturated heterocycles. The van der Waals surface area contributed by atoms with Gasteiger partial charge in [-0.05, 0) is 49.2 Å². The molecule has 0 bridgehead atoms. The van der Waals surface area contributed by atoms with Gasteiger partial charge in [-0.25, -0.2) is 8.42 Å². The van der Waals surface area contributed by atoms with E-state index < -0.39 is 10.0 Å². The second-order valence-electron chi connectivity index (χ2n) is 7.48. The van der Waals surface area contributed by atoms with Crippen LogP contribution in [0, 0.1) is 0 Å². The first-order chi connectivity index (χ1) is 16.0. The Kier molecular flexibility index (Phi) is 7.31. The minimum atomic E-state index is -3.50. The summed E-state index contributed by atoms with van der Waals surface area (Å²) in [5, 5.41) is 11.4. The third kappa shape index (κ3) is 5.37. The molecule has 1 fully saturated rings. The number of anilines is 1. The number of piperidine rings is 1. The molecule has 0 radical (unpaired) electrons. The van der Waals surface area contributed by atoms with Crippen LogP contribution in [0.2, 0.25) is 0 Å². The van der Waals surface area contributed by atoms with Crippen molar-refractivity contribution in [1.82, 2.24) is 19.1 Å². The molecular weight excluding hydrogens is 462 g/mol. The van der Waals surface area contributed by atoms with Crippen LogP contribution in [0.15, 0.2) is 64.9 Å². The number of hydrogen-bond donors (Lipinski definition) is 1. The normalized spacial score (nSPS) is 14.7. The molecular formula is C22H25N5O4S2. The molecule has 0 aliphatic carbocycles. The molecule has 1 amide bonds. The van der Waals surface area contributed by atoms with Crippen LogP contribution in [0.1, 0.15) is 19.3 Å². The minimum absolute atomic E-state index is 0.113. The van der Waals surface area contributed by atoms with Gasteiger partial charge in [-0.2, -0.15) is 4.31 Å². The average Bonchev–Trinajstić information content (AvgIpc) is 3.32. The number of ether oxygens (including phenoxy) is 1. The first kappa shape index (κ1) is 23.3. The van der Waals surface area contributed by atoms with Crippen molar-refractivity contribution < 1.29 is 17.9 Å². The van der Waals surface area contributed by atoms with E-state index in [4.69, 9.17) is 4.74 Å². The van der Waals surface area contributed by atoms with E-state index in [1.165, 1.54) is 28.2 Å². The van der Waals surface area contributed by atoms with E-state index >= 15 is 0 Å². The molecule has 2 heterocycles. The molecule has 1 N–H and O–H groups in total. The summed E-state index contributed by atoms with van der Waals surface area (Å²) in [6, 6.07) is 13.8. The van der Waals surface area contributed by atoms with Crippen molar-refractivity contribution in [3.8, 4) is 11.4 Å². The SMILES string of the molecule is COc1ccccc1-n1cnnc1SCC(=O)Nc1ccc(S(=O)(=O)N2CCCCC2)cc1. The van der Waals surface area contributed by atoms with E-state index in [1.54, 1.807) is 30.1 Å². The number of aromatic nitrogens is 3. The molecule has 174 valence electrons. The lowest BCUT2D eigenvalue weighted by atomic mass is 10.2. The van der Waals surface area contributed by atoms with Gasteiger partial charge in [-0.3, -0.25) is 9.36 Å². The van der Waals surface area contributed by atoms with Gasteiger partial charge in [-0.15, -0.1) is 10.2 Å². The molecule has 0 spiro atoms. The summed E-state index contributed by atoms with van der Waals surface area (Å²) in [5.41, 5.74) is 1.31. The van der Waals surface area contributed by atoms with Gasteiger partial charge in [0.05, 0.1) is 23.4 Å². The fourth-order valence-corrected chi connectivity index (χ4v) is 5.85. The Labute approximate surface area is 197 Å². The summed E-state index contributed by atoms with van der Waals surface area (Å²) in [6.45, 7) is 1.11. The molecule has 11 heteroatoms. The topological polar surface area (TPSA) is 106 Å². The van der Waals surface area contributed by atoms with Crippen LogP contribution >= 0.6 is 11.8 Å². The molecule has 2 aromatic carbocycles. The van der Waals surface area contributed by atoms with E-state index in [0.29, 0.717) is 29.7 Å². The summed E-state index contributed by atoms with van der Waals surface area (Å²) in [7, 11) is -1.91. The van der Waals surface area contributed by atoms with Gasteiger partial charge in [0.2, 0.25) is 15.9 Å². The number of nitrogens with one attached hydrogen (secondary N) is 1. The Bertz CT molecular complexity index is 1210. The molecule has 1 aromatic heterocycles. The second kappa shape index (κ2) is 10.4. The largest absolute Gasteiger partial charge is 0.495 e. The maximum absolute atomic E-state index is 12.8. The quantitative estimate of drug-likeness (QED) is 0.486. The van der Waals surface area contributed by atoms with Crippen LogP contribution in [0.4, 0.5) is 5.69 Å². The molecule has 1 aliphatic rings. The molecule has 0 unspecified atom stereocenters. The highest BCUT2D eigenvalue weighted by atomic mass is 32.2. The fraction of sp³-hybridized carbons (Fsp3) is 0.318. The molecule has 9 nitrogen and oxygen atoms in total. The predicted molar refractivity (Wildman–Crippen MR) is 126 cm³/mol. The van der Waals surface area contributed by atoms with Gasteiger partial charge in [0.15, 0.2) is 5.16 Å². The van der Waals surface area contributed by atoms with Crippen LogP contribution in [0.5, 0.6) is 5.75 Å². The monoisotopic (exact) mass is 487 g/mol. The Morgan fingerprint density at radius 3 is 2.55 bits per heavy atom. The van der Waals surface area contributed by atoms with Gasteiger partial charge < -0.3 is 10.1 Å². The van der Waals surface area contributed by atoms with Crippen LogP contribution in [-0.2, 0) is 14.8 Å². The van der Waals surface area contributed by atoms with Crippen LogP contribution in [0.25, 0.3) is 5.69 Å². The third-order valence-electron chi connectivity index (χ3n) is 5.28. The van der Waals surface area contributed by atoms with Crippen LogP contribution < -0.4 is 10.1 Å². The van der Waals surface area contributed by atoms with E-state index in [2.05, 4.69) is 15.5 Å². The van der Waals surface area contributed by atoms with Crippen molar-refractivity contribution in [2.24, 2.45) is 0 Å². The van der Waals surface area contributed by atoms with E-state index in [-0.39, 0.29) is 16.6 Å². The van der Waals surface area contributed by atoms with Gasteiger partial charge in [-0.1, -0.05) is 30.3 Å². The zero-order valence-corrected chi connectivity index (χ0v) is 19.8. The molecule has 1 aliphatic heterocycles. The van der Waals surface area contributed by atoms with Crippen LogP contribution in [0.3, 0.4) is 0 Å². The molecule has 0 atom stereocenters. The average molecular weight is 488 g/mol. The zero-order chi connectivity index (χ0) is 23.3. The molecule has 4 rings (SSSR count). The number of nitrogens with zero attached hydrogens (tertiary/aromatic N) is 4. The molecule has 0 saturated carbocycles. The lowest BCUT2D eigenvalue weighted by Crippen LogP contribution is -2.35. The summed E-state index contributed by atoms with van der Waals surface area (Å²) >= 11 is 1.24. The Balaban J connectivity index is 1.37. The van der Waals surface area contributed by atoms with Crippen LogP contribution in [-0.4, -0.2) is 59.3 Å². The lowest BCUT2D eigenvalue weighted by Gasteiger charge is -2.25. The fourth-order valence-electron chi connectivity index (χ4n) is 3.61. The van der Waals surface area contributed by atoms with Crippen molar-refractivity contribution in [1.29, 1.82) is 0 Å². The first-order valence-electron chi connectivity index (χ1n) is 10.6. The number of para-hydroxylation sites is 2. The van der Waals surface area contributed by atoms with Crippen molar-refractivity contribution in [2.75, 3.05) is 31.3 Å². The van der Waals surface area contributed by atoms with Crippen molar-refractivity contribution in [3.05, 3.63) is 54.9 Å². The maximum atomic E-state index is 12.8. The number of carbonyl (C=O) groups excluding carboxylic acids is 1. The van der Waals surface area contributed by atoms with E-state index in [0.717, 1.165) is 24.9 Å². The van der Waals surface area contributed by atoms with E-state index in [9.17, 15) is 13.2 Å². The third-order valence-corrected chi connectivity index (χ3v) is 8.14. The number of amides is 1. The van der Waals surface area contributed by atoms with Crippen molar-refractivity contribution >= 4 is 33.4 Å². The van der Waals surface area contributed by atoms with Gasteiger partial charge in [0, 0.05) is 18.8 Å². The minimum Gasteiger partial charge on any atom is -0.495 e. The van der Waals surface area contributed by atoms with Crippen molar-refractivity contribution in [2.45, 2.75) is 29.3 Å². The molecule has 33 heavy (non-hydrogen) atoms. The highest BCUT2D eigenvalue weighted by Crippen LogP contribution is 2.27. The summed E-state index contributed by atoms with van der Waals surface area (Å²) < 4.78 is 34.2. The number of benzene rings is 2. The number of thioether (sulfide) groups is 1. The number of rotatable bonds is 8. The Hall–Kier alpha value is -2.89. The summed E-state index contributed by atoms with van der Waals surface area (Å²) in [5.74, 6) is 0.547. The summed E-state index contributed by atoms with van der Waals surface area (Å²) in [4.78, 5) is 12.7. The number of hydrogen-bond acceptors (Lipinski definition) is 7. The highest BCUT2D eigenvalue weighted by Gasteiger charge is 2.25. The number of methoxy groups -OCH3 is 1. The highest BCUT2D eigenvalue weighted by molar-refractivity contribution is 7.99. The van der Waals surface area contributed by atoms with Gasteiger partial charge in [0.1, 0.15) is 12.1 Å². The van der Waals surface area contributed by atoms with E-state index in [1.807, 2.05) is 24.3 Å². The maximum Gasteiger partial charge on any atom is 0.243 e. The van der Waals surface area contributed by atoms with Crippen molar-refractivity contribution in [3.63, 3.8) is 0 Å². The smallest absolute Gasteiger partial charge is 0.243 e. The van der Waals surface area contributed by atoms with Gasteiger partial charge >= 0.3 is 0 Å². The molecule has 3 aromatic rings. The van der Waals surface area contributed by atoms with Gasteiger partial charge in [0.25, 0.3) is 0 Å². The number of carbonyl (C=O) groups is 1. The predicted octanol–water partition coefficient (Wildman–Crippen LogP) is 3.18.